The predicted molar refractivity (Wildman–Crippen MR) is 157 cm³/mol. The van der Waals surface area contributed by atoms with Crippen molar-refractivity contribution in [2.75, 3.05) is 49.9 Å². The number of morpholine rings is 1. The summed E-state index contributed by atoms with van der Waals surface area (Å²) in [6, 6.07) is 12.1. The van der Waals surface area contributed by atoms with Gasteiger partial charge in [-0.1, -0.05) is 28.6 Å². The highest BCUT2D eigenvalue weighted by atomic mass is 32.1. The number of nitrogens with one attached hydrogen (secondary N) is 2. The van der Waals surface area contributed by atoms with Crippen LogP contribution in [-0.4, -0.2) is 70.9 Å². The third kappa shape index (κ3) is 6.17. The van der Waals surface area contributed by atoms with Crippen LogP contribution in [0, 0.1) is 0 Å². The molecule has 14 heteroatoms. The summed E-state index contributed by atoms with van der Waals surface area (Å²) < 4.78 is 121. The quantitative estimate of drug-likeness (QED) is 0.206. The van der Waals surface area contributed by atoms with Gasteiger partial charge in [0.25, 0.3) is 0 Å². The second-order valence-corrected chi connectivity index (χ2v) is 10.9. The van der Waals surface area contributed by atoms with E-state index in [9.17, 15) is 18.0 Å². The van der Waals surface area contributed by atoms with E-state index in [2.05, 4.69) is 25.5 Å². The van der Waals surface area contributed by atoms with E-state index < -0.39 is 56.0 Å². The number of anilines is 2. The molecule has 3 aromatic heterocycles. The van der Waals surface area contributed by atoms with Gasteiger partial charge in [0.15, 0.2) is 16.5 Å². The van der Waals surface area contributed by atoms with Gasteiger partial charge in [-0.3, -0.25) is 14.6 Å². The number of imidazole rings is 1. The fraction of sp³-hybridized carbons (Fsp3) is 0.345. The van der Waals surface area contributed by atoms with Crippen LogP contribution in [0.3, 0.4) is 0 Å². The van der Waals surface area contributed by atoms with E-state index in [0.29, 0.717) is 27.0 Å². The van der Waals surface area contributed by atoms with Gasteiger partial charge in [-0.05, 0) is 44.2 Å². The summed E-state index contributed by atoms with van der Waals surface area (Å²) in [6.45, 7) is -11.1. The van der Waals surface area contributed by atoms with Crippen molar-refractivity contribution >= 4 is 44.1 Å². The van der Waals surface area contributed by atoms with E-state index in [4.69, 9.17) is 20.2 Å². The summed E-state index contributed by atoms with van der Waals surface area (Å²) in [5.41, 5.74) is 0.266. The van der Waals surface area contributed by atoms with Crippen LogP contribution >= 0.6 is 11.3 Å². The molecule has 226 valence electrons. The number of hydrogen-bond donors (Lipinski definition) is 2. The van der Waals surface area contributed by atoms with Gasteiger partial charge in [-0.15, -0.1) is 0 Å². The Labute approximate surface area is 259 Å². The molecule has 43 heavy (non-hydrogen) atoms. The number of hydrogen-bond acceptors (Lipinski definition) is 8. The minimum Gasteiger partial charge on any atom is -0.492 e. The molecule has 1 aliphatic heterocycles. The second-order valence-electron chi connectivity index (χ2n) is 9.90. The third-order valence-corrected chi connectivity index (χ3v) is 7.64. The third-order valence-electron chi connectivity index (χ3n) is 6.63. The maximum absolute atomic E-state index is 13.3. The number of rotatable bonds is 8. The Balaban J connectivity index is 1.09. The van der Waals surface area contributed by atoms with Crippen molar-refractivity contribution < 1.29 is 42.9 Å². The average molecular weight is 623 g/mol. The van der Waals surface area contributed by atoms with Crippen LogP contribution < -0.4 is 15.4 Å². The van der Waals surface area contributed by atoms with Gasteiger partial charge < -0.3 is 19.3 Å². The number of carbonyl (C=O) groups excluding carboxylic acids is 1. The van der Waals surface area contributed by atoms with Crippen LogP contribution in [0.2, 0.25) is 0 Å². The lowest BCUT2D eigenvalue weighted by Crippen LogP contribution is -2.38. The lowest BCUT2D eigenvalue weighted by Gasteiger charge is -2.26. The molecule has 0 atom stereocenters. The van der Waals surface area contributed by atoms with Crippen molar-refractivity contribution in [1.82, 2.24) is 19.4 Å². The monoisotopic (exact) mass is 622 g/mol. The first-order chi connectivity index (χ1) is 23.5. The molecule has 2 amide bonds. The smallest absolute Gasteiger partial charge is 0.401 e. The Morgan fingerprint density at radius 1 is 1.12 bits per heavy atom. The first kappa shape index (κ1) is 20.7. The van der Waals surface area contributed by atoms with Crippen LogP contribution in [0.5, 0.6) is 5.75 Å². The zero-order valence-corrected chi connectivity index (χ0v) is 23.4. The van der Waals surface area contributed by atoms with Crippen LogP contribution in [0.25, 0.3) is 26.4 Å². The number of carbonyl (C=O) groups is 1. The minimum atomic E-state index is -4.58. The molecule has 6 rings (SSSR count). The Bertz CT molecular complexity index is 2080. The minimum absolute atomic E-state index is 0.182. The molecule has 2 aromatic carbocycles. The van der Waals surface area contributed by atoms with Crippen molar-refractivity contribution in [3.8, 4) is 17.0 Å². The van der Waals surface area contributed by atoms with Gasteiger partial charge in [0.1, 0.15) is 17.8 Å². The van der Waals surface area contributed by atoms with Gasteiger partial charge in [-0.2, -0.15) is 13.2 Å². The van der Waals surface area contributed by atoms with E-state index in [-0.39, 0.29) is 12.4 Å². The normalized spacial score (nSPS) is 22.3. The fourth-order valence-electron chi connectivity index (χ4n) is 4.06. The molecule has 1 fully saturated rings. The number of amides is 2. The molecule has 0 aliphatic carbocycles. The highest BCUT2D eigenvalue weighted by Gasteiger charge is 2.51. The number of fused-ring (bicyclic) bond motifs is 3. The molecule has 0 saturated carbocycles. The Morgan fingerprint density at radius 2 is 1.88 bits per heavy atom. The molecular weight excluding hydrogens is 585 g/mol. The van der Waals surface area contributed by atoms with Crippen LogP contribution in [0.15, 0.2) is 59.3 Å². The number of aromatic nitrogens is 3. The molecular formula is C29H29F3N6O4S. The van der Waals surface area contributed by atoms with E-state index >= 15 is 0 Å². The first-order valence-electron chi connectivity index (χ1n) is 16.8. The van der Waals surface area contributed by atoms with Crippen LogP contribution in [0.4, 0.5) is 29.5 Å². The molecule has 0 bridgehead atoms. The number of urea groups is 1. The first-order valence-corrected chi connectivity index (χ1v) is 13.6. The largest absolute Gasteiger partial charge is 0.492 e. The number of halogens is 3. The molecule has 0 unspecified atom stereocenters. The zero-order valence-electron chi connectivity index (χ0n) is 30.6. The van der Waals surface area contributed by atoms with Crippen molar-refractivity contribution in [2.45, 2.75) is 25.4 Å². The Kier molecular flexibility index (Phi) is 5.54. The van der Waals surface area contributed by atoms with Gasteiger partial charge in [-0.25, -0.2) is 9.78 Å². The van der Waals surface area contributed by atoms with Crippen molar-refractivity contribution in [2.24, 2.45) is 0 Å². The maximum Gasteiger partial charge on any atom is 0.401 e. The zero-order chi connectivity index (χ0) is 37.4. The predicted octanol–water partition coefficient (Wildman–Crippen LogP) is 6.40. The van der Waals surface area contributed by atoms with Gasteiger partial charge in [0, 0.05) is 48.5 Å². The standard InChI is InChI=1S/C29H29F3N6O4S/c1-28(2,29(30,31)32)24-16-25(36-42-24)35-26(39)33-19-5-3-18(4-6-19)21-17-38-22-8-7-20(15-23(22)43-27(38)34-21)41-14-11-37-9-12-40-13-10-37/h3-8,15-17H,9-14H2,1-2H3,(H2,33,35,36,39)/i9D2,10D2,12D2,13D2. The molecule has 0 radical (unpaired) electrons. The lowest BCUT2D eigenvalue weighted by molar-refractivity contribution is -0.185. The average Bonchev–Trinajstić information content (AvgIpc) is 3.73. The van der Waals surface area contributed by atoms with E-state index in [1.165, 1.54) is 11.3 Å². The SMILES string of the molecule is [2H]C1([2H])OC([2H])([2H])C([2H])([2H])N(CCOc2ccc3c(c2)sc2nc(-c4ccc(NC(=O)Nc5cc(C(C)(C)C(F)(F)F)on5)cc4)cn23)C1([2H])[2H]. The Hall–Kier alpha value is -4.14. The van der Waals surface area contributed by atoms with Gasteiger partial charge in [0.05, 0.1) is 34.5 Å². The van der Waals surface area contributed by atoms with E-state index in [1.807, 2.05) is 10.6 Å². The van der Waals surface area contributed by atoms with Gasteiger partial charge >= 0.3 is 12.2 Å². The summed E-state index contributed by atoms with van der Waals surface area (Å²) >= 11 is 1.35. The topological polar surface area (TPSA) is 106 Å². The molecule has 1 saturated heterocycles. The van der Waals surface area contributed by atoms with Gasteiger partial charge in [0.2, 0.25) is 0 Å². The molecule has 10 nitrogen and oxygen atoms in total. The number of ether oxygens (including phenoxy) is 2. The van der Waals surface area contributed by atoms with Crippen molar-refractivity contribution in [1.29, 1.82) is 0 Å². The van der Waals surface area contributed by atoms with Crippen molar-refractivity contribution in [3.63, 3.8) is 0 Å². The van der Waals surface area contributed by atoms with Crippen LogP contribution in [0.1, 0.15) is 30.6 Å². The fourth-order valence-corrected chi connectivity index (χ4v) is 5.09. The maximum atomic E-state index is 13.3. The molecule has 5 aromatic rings. The van der Waals surface area contributed by atoms with E-state index in [1.54, 1.807) is 42.5 Å². The summed E-state index contributed by atoms with van der Waals surface area (Å²) in [7, 11) is 0. The highest BCUT2D eigenvalue weighted by molar-refractivity contribution is 7.23. The summed E-state index contributed by atoms with van der Waals surface area (Å²) in [5.74, 6) is -0.261. The highest BCUT2D eigenvalue weighted by Crippen LogP contribution is 2.41. The molecule has 2 N–H and O–H groups in total. The van der Waals surface area contributed by atoms with E-state index in [0.717, 1.165) is 35.7 Å². The van der Waals surface area contributed by atoms with Crippen molar-refractivity contribution in [3.05, 3.63) is 60.5 Å². The number of alkyl halides is 3. The second kappa shape index (κ2) is 11.5. The summed E-state index contributed by atoms with van der Waals surface area (Å²) in [6.07, 6.45) is -2.76. The molecule has 4 heterocycles. The number of thiazole rings is 1. The number of nitrogens with zero attached hydrogens (tertiary/aromatic N) is 4. The molecule has 1 aliphatic rings. The van der Waals surface area contributed by atoms with Crippen LogP contribution in [-0.2, 0) is 10.2 Å². The number of benzene rings is 2. The molecule has 0 spiro atoms. The Morgan fingerprint density at radius 3 is 2.63 bits per heavy atom. The lowest BCUT2D eigenvalue weighted by atomic mass is 9.89. The summed E-state index contributed by atoms with van der Waals surface area (Å²) in [4.78, 5) is 18.2. The summed E-state index contributed by atoms with van der Waals surface area (Å²) in [5, 5.41) is 8.43.